The van der Waals surface area contributed by atoms with E-state index in [4.69, 9.17) is 11.6 Å². The molecule has 0 radical (unpaired) electrons. The first-order valence-corrected chi connectivity index (χ1v) is 9.78. The number of rotatable bonds is 7. The average molecular weight is 343 g/mol. The molecule has 1 aromatic rings. The molecule has 3 nitrogen and oxygen atoms in total. The highest BCUT2D eigenvalue weighted by atomic mass is 35.5. The monoisotopic (exact) mass is 342 g/mol. The van der Waals surface area contributed by atoms with Gasteiger partial charge in [0.1, 0.15) is 0 Å². The summed E-state index contributed by atoms with van der Waals surface area (Å²) in [7, 11) is 0. The summed E-state index contributed by atoms with van der Waals surface area (Å²) >= 11 is 8.06. The molecular weight excluding hydrogens is 316 g/mol. The fourth-order valence-corrected chi connectivity index (χ4v) is 3.60. The first kappa shape index (κ1) is 17.9. The first-order chi connectivity index (χ1) is 10.6. The number of nitrogens with zero attached hydrogens (tertiary/aromatic N) is 1. The van der Waals surface area contributed by atoms with E-state index in [0.29, 0.717) is 6.04 Å². The lowest BCUT2D eigenvalue weighted by Crippen LogP contribution is -2.47. The van der Waals surface area contributed by atoms with Gasteiger partial charge in [-0.1, -0.05) is 17.7 Å². The molecule has 2 rings (SSSR count). The predicted octanol–water partition coefficient (Wildman–Crippen LogP) is 3.32. The highest BCUT2D eigenvalue weighted by Crippen LogP contribution is 2.25. The van der Waals surface area contributed by atoms with Gasteiger partial charge in [0.15, 0.2) is 0 Å². The van der Waals surface area contributed by atoms with Gasteiger partial charge in [-0.2, -0.15) is 11.8 Å². The van der Waals surface area contributed by atoms with E-state index in [-0.39, 0.29) is 12.6 Å². The molecule has 2 N–H and O–H groups in total. The summed E-state index contributed by atoms with van der Waals surface area (Å²) in [5, 5.41) is 13.9. The van der Waals surface area contributed by atoms with E-state index >= 15 is 0 Å². The van der Waals surface area contributed by atoms with E-state index < -0.39 is 0 Å². The third-order valence-electron chi connectivity index (χ3n) is 4.38. The van der Waals surface area contributed by atoms with Crippen molar-refractivity contribution in [3.05, 3.63) is 28.8 Å². The van der Waals surface area contributed by atoms with Crippen LogP contribution in [-0.2, 0) is 0 Å². The smallest absolute Gasteiger partial charge is 0.0585 e. The summed E-state index contributed by atoms with van der Waals surface area (Å²) in [6, 6.07) is 7.06. The second-order valence-electron chi connectivity index (χ2n) is 6.02. The van der Waals surface area contributed by atoms with Gasteiger partial charge in [0.25, 0.3) is 0 Å². The van der Waals surface area contributed by atoms with Crippen LogP contribution < -0.4 is 10.2 Å². The summed E-state index contributed by atoms with van der Waals surface area (Å²) in [5.74, 6) is 1.10. The van der Waals surface area contributed by atoms with Gasteiger partial charge in [-0.3, -0.25) is 0 Å². The molecule has 1 aromatic carbocycles. The lowest BCUT2D eigenvalue weighted by molar-refractivity contribution is 0.220. The SMILES string of the molecule is CSCC[C@@H](CO)NC1CCN(c2ccc(C)c(Cl)c2)CC1. The lowest BCUT2D eigenvalue weighted by atomic mass is 10.0. The molecule has 0 spiro atoms. The van der Waals surface area contributed by atoms with Crippen LogP contribution in [0.3, 0.4) is 0 Å². The van der Waals surface area contributed by atoms with Crippen LogP contribution in [-0.4, -0.2) is 48.9 Å². The highest BCUT2D eigenvalue weighted by molar-refractivity contribution is 7.98. The van der Waals surface area contributed by atoms with Crippen LogP contribution >= 0.6 is 23.4 Å². The van der Waals surface area contributed by atoms with Gasteiger partial charge in [-0.15, -0.1) is 0 Å². The number of thioether (sulfide) groups is 1. The van der Waals surface area contributed by atoms with Crippen LogP contribution in [0, 0.1) is 6.92 Å². The molecule has 22 heavy (non-hydrogen) atoms. The number of aliphatic hydroxyl groups excluding tert-OH is 1. The maximum Gasteiger partial charge on any atom is 0.0585 e. The molecule has 0 saturated carbocycles. The van der Waals surface area contributed by atoms with Crippen molar-refractivity contribution < 1.29 is 5.11 Å². The van der Waals surface area contributed by atoms with E-state index in [1.807, 2.05) is 18.7 Å². The number of aliphatic hydroxyl groups is 1. The van der Waals surface area contributed by atoms with E-state index in [2.05, 4.69) is 34.7 Å². The number of anilines is 1. The van der Waals surface area contributed by atoms with E-state index in [9.17, 15) is 5.11 Å². The van der Waals surface area contributed by atoms with Crippen molar-refractivity contribution in [2.45, 2.75) is 38.3 Å². The summed E-state index contributed by atoms with van der Waals surface area (Å²) in [5.41, 5.74) is 2.34. The number of hydrogen-bond acceptors (Lipinski definition) is 4. The van der Waals surface area contributed by atoms with Gasteiger partial charge in [-0.05, 0) is 55.9 Å². The second kappa shape index (κ2) is 9.02. The molecule has 0 aliphatic carbocycles. The normalized spacial score (nSPS) is 17.7. The molecule has 1 aliphatic rings. The molecular formula is C17H27ClN2OS. The fraction of sp³-hybridized carbons (Fsp3) is 0.647. The van der Waals surface area contributed by atoms with Crippen molar-refractivity contribution in [1.82, 2.24) is 5.32 Å². The first-order valence-electron chi connectivity index (χ1n) is 8.01. The molecule has 1 aliphatic heterocycles. The summed E-state index contributed by atoms with van der Waals surface area (Å²) in [6.45, 7) is 4.34. The molecule has 0 amide bonds. The van der Waals surface area contributed by atoms with Crippen molar-refractivity contribution in [2.24, 2.45) is 0 Å². The van der Waals surface area contributed by atoms with Gasteiger partial charge in [0.05, 0.1) is 6.61 Å². The summed E-state index contributed by atoms with van der Waals surface area (Å²) < 4.78 is 0. The third-order valence-corrected chi connectivity index (χ3v) is 5.43. The van der Waals surface area contributed by atoms with E-state index in [0.717, 1.165) is 48.7 Å². The van der Waals surface area contributed by atoms with Gasteiger partial charge in [0.2, 0.25) is 0 Å². The Morgan fingerprint density at radius 3 is 2.73 bits per heavy atom. The zero-order chi connectivity index (χ0) is 15.9. The molecule has 1 saturated heterocycles. The Morgan fingerprint density at radius 2 is 2.14 bits per heavy atom. The van der Waals surface area contributed by atoms with Crippen molar-refractivity contribution in [1.29, 1.82) is 0 Å². The zero-order valence-electron chi connectivity index (χ0n) is 13.5. The largest absolute Gasteiger partial charge is 0.395 e. The minimum Gasteiger partial charge on any atom is -0.395 e. The Bertz CT molecular complexity index is 464. The van der Waals surface area contributed by atoms with Crippen LogP contribution in [0.4, 0.5) is 5.69 Å². The number of halogens is 1. The van der Waals surface area contributed by atoms with Crippen molar-refractivity contribution in [2.75, 3.05) is 36.6 Å². The van der Waals surface area contributed by atoms with Crippen molar-refractivity contribution in [3.8, 4) is 0 Å². The molecule has 1 fully saturated rings. The van der Waals surface area contributed by atoms with Crippen LogP contribution in [0.25, 0.3) is 0 Å². The topological polar surface area (TPSA) is 35.5 Å². The van der Waals surface area contributed by atoms with Crippen LogP contribution in [0.5, 0.6) is 0 Å². The number of piperidine rings is 1. The third kappa shape index (κ3) is 5.05. The molecule has 0 aromatic heterocycles. The molecule has 1 atom stereocenters. The quantitative estimate of drug-likeness (QED) is 0.796. The van der Waals surface area contributed by atoms with E-state index in [1.165, 1.54) is 5.69 Å². The average Bonchev–Trinajstić information content (AvgIpc) is 2.54. The van der Waals surface area contributed by atoms with Gasteiger partial charge < -0.3 is 15.3 Å². The predicted molar refractivity (Wildman–Crippen MR) is 98.4 cm³/mol. The van der Waals surface area contributed by atoms with Crippen LogP contribution in [0.2, 0.25) is 5.02 Å². The van der Waals surface area contributed by atoms with Crippen molar-refractivity contribution >= 4 is 29.1 Å². The Kier molecular flexibility index (Phi) is 7.35. The Hall–Kier alpha value is -0.420. The Labute approximate surface area is 143 Å². The number of benzene rings is 1. The Balaban J connectivity index is 1.83. The lowest BCUT2D eigenvalue weighted by Gasteiger charge is -2.35. The van der Waals surface area contributed by atoms with Crippen LogP contribution in [0.15, 0.2) is 18.2 Å². The van der Waals surface area contributed by atoms with Gasteiger partial charge >= 0.3 is 0 Å². The number of aryl methyl sites for hydroxylation is 1. The summed E-state index contributed by atoms with van der Waals surface area (Å²) in [4.78, 5) is 2.40. The minimum absolute atomic E-state index is 0.231. The molecule has 0 bridgehead atoms. The second-order valence-corrected chi connectivity index (χ2v) is 7.42. The maximum atomic E-state index is 9.47. The van der Waals surface area contributed by atoms with Gasteiger partial charge in [0, 0.05) is 35.9 Å². The maximum absolute atomic E-state index is 9.47. The van der Waals surface area contributed by atoms with E-state index in [1.54, 1.807) is 0 Å². The van der Waals surface area contributed by atoms with Crippen molar-refractivity contribution in [3.63, 3.8) is 0 Å². The highest BCUT2D eigenvalue weighted by Gasteiger charge is 2.21. The fourth-order valence-electron chi connectivity index (χ4n) is 2.90. The number of hydrogen-bond donors (Lipinski definition) is 2. The molecule has 124 valence electrons. The zero-order valence-corrected chi connectivity index (χ0v) is 15.1. The van der Waals surface area contributed by atoms with Gasteiger partial charge in [-0.25, -0.2) is 0 Å². The van der Waals surface area contributed by atoms with Crippen LogP contribution in [0.1, 0.15) is 24.8 Å². The number of nitrogens with one attached hydrogen (secondary N) is 1. The molecule has 1 heterocycles. The Morgan fingerprint density at radius 1 is 1.41 bits per heavy atom. The minimum atomic E-state index is 0.231. The summed E-state index contributed by atoms with van der Waals surface area (Å²) in [6.07, 6.45) is 5.37. The standard InChI is InChI=1S/C17H27ClN2OS/c1-13-3-4-16(11-17(13)18)20-8-5-14(6-9-20)19-15(12-21)7-10-22-2/h3-4,11,14-15,19,21H,5-10,12H2,1-2H3/t15-/m0/s1. The molecule has 0 unspecified atom stereocenters. The molecule has 5 heteroatoms.